The second-order valence-electron chi connectivity index (χ2n) is 6.01. The second kappa shape index (κ2) is 6.92. The Labute approximate surface area is 133 Å². The van der Waals surface area contributed by atoms with Crippen LogP contribution in [0.3, 0.4) is 0 Å². The van der Waals surface area contributed by atoms with E-state index in [1.165, 1.54) is 12.1 Å². The van der Waals surface area contributed by atoms with E-state index in [0.717, 1.165) is 5.56 Å². The molecular weight excluding hydrogens is 303 g/mol. The summed E-state index contributed by atoms with van der Waals surface area (Å²) in [4.78, 5) is 12.0. The molecule has 0 bridgehead atoms. The van der Waals surface area contributed by atoms with Crippen molar-refractivity contribution in [3.05, 3.63) is 35.6 Å². The lowest BCUT2D eigenvalue weighted by Gasteiger charge is -2.18. The third kappa shape index (κ3) is 3.69. The molecule has 0 spiro atoms. The molecule has 1 aromatic carbocycles. The average Bonchev–Trinajstić information content (AvgIpc) is 3.05. The number of aliphatic hydroxyl groups excluding tert-OH is 1. The Kier molecular flexibility index (Phi) is 4.91. The molecule has 23 heavy (non-hydrogen) atoms. The highest BCUT2D eigenvalue weighted by molar-refractivity contribution is 5.76. The van der Waals surface area contributed by atoms with Gasteiger partial charge in [0.15, 0.2) is 0 Å². The summed E-state index contributed by atoms with van der Waals surface area (Å²) in [6.45, 7) is 0.591. The molecule has 6 nitrogen and oxygen atoms in total. The highest BCUT2D eigenvalue weighted by Gasteiger charge is 2.50. The van der Waals surface area contributed by atoms with Gasteiger partial charge in [-0.3, -0.25) is 4.79 Å². The van der Waals surface area contributed by atoms with Gasteiger partial charge in [0.05, 0.1) is 24.7 Å². The number of carbonyl (C=O) groups is 1. The zero-order valence-corrected chi connectivity index (χ0v) is 12.7. The fourth-order valence-electron chi connectivity index (χ4n) is 3.12. The van der Waals surface area contributed by atoms with E-state index in [9.17, 15) is 14.3 Å². The smallest absolute Gasteiger partial charge is 0.222 e. The number of hydrogen-bond donors (Lipinski definition) is 3. The van der Waals surface area contributed by atoms with Crippen LogP contribution >= 0.6 is 0 Å². The number of nitrogens with two attached hydrogens (primary N) is 1. The lowest BCUT2D eigenvalue weighted by atomic mass is 10.1. The summed E-state index contributed by atoms with van der Waals surface area (Å²) in [5, 5.41) is 12.8. The van der Waals surface area contributed by atoms with E-state index in [1.54, 1.807) is 12.1 Å². The topological polar surface area (TPSA) is 93.8 Å². The molecule has 126 valence electrons. The van der Waals surface area contributed by atoms with Crippen LogP contribution in [0.4, 0.5) is 4.39 Å². The van der Waals surface area contributed by atoms with E-state index in [1.807, 2.05) is 0 Å². The molecule has 1 aromatic rings. The SMILES string of the molecule is NCC1OC2CC(CC(=O)NCc3ccc(F)cc3)OC2C1O. The van der Waals surface area contributed by atoms with Crippen LogP contribution in [0.5, 0.6) is 0 Å². The largest absolute Gasteiger partial charge is 0.388 e. The van der Waals surface area contributed by atoms with Crippen LogP contribution < -0.4 is 11.1 Å². The molecule has 0 saturated carbocycles. The minimum atomic E-state index is -0.739. The number of ether oxygens (including phenoxy) is 2. The minimum absolute atomic E-state index is 0.149. The summed E-state index contributed by atoms with van der Waals surface area (Å²) < 4.78 is 24.2. The molecule has 0 aromatic heterocycles. The number of amides is 1. The van der Waals surface area contributed by atoms with E-state index < -0.39 is 18.3 Å². The highest BCUT2D eigenvalue weighted by atomic mass is 19.1. The van der Waals surface area contributed by atoms with Gasteiger partial charge in [-0.15, -0.1) is 0 Å². The number of nitrogens with one attached hydrogen (secondary N) is 1. The van der Waals surface area contributed by atoms with Crippen molar-refractivity contribution in [3.63, 3.8) is 0 Å². The van der Waals surface area contributed by atoms with Crippen molar-refractivity contribution in [2.45, 2.75) is 49.9 Å². The summed E-state index contributed by atoms with van der Waals surface area (Å²) in [5.41, 5.74) is 6.35. The van der Waals surface area contributed by atoms with E-state index in [-0.39, 0.29) is 36.9 Å². The molecule has 3 rings (SSSR count). The fraction of sp³-hybridized carbons (Fsp3) is 0.562. The van der Waals surface area contributed by atoms with Crippen LogP contribution in [0.25, 0.3) is 0 Å². The first-order valence-corrected chi connectivity index (χ1v) is 7.77. The van der Waals surface area contributed by atoms with Gasteiger partial charge in [-0.2, -0.15) is 0 Å². The number of benzene rings is 1. The van der Waals surface area contributed by atoms with Crippen LogP contribution in [0.1, 0.15) is 18.4 Å². The molecule has 0 aliphatic carbocycles. The number of rotatable bonds is 5. The summed E-state index contributed by atoms with van der Waals surface area (Å²) in [7, 11) is 0. The van der Waals surface area contributed by atoms with Crippen molar-refractivity contribution in [1.29, 1.82) is 0 Å². The number of fused-ring (bicyclic) bond motifs is 1. The lowest BCUT2D eigenvalue weighted by Crippen LogP contribution is -2.37. The van der Waals surface area contributed by atoms with E-state index in [4.69, 9.17) is 15.2 Å². The quantitative estimate of drug-likeness (QED) is 0.713. The van der Waals surface area contributed by atoms with Gasteiger partial charge in [0.1, 0.15) is 18.0 Å². The maximum atomic E-state index is 12.8. The van der Waals surface area contributed by atoms with Crippen molar-refractivity contribution >= 4 is 5.91 Å². The van der Waals surface area contributed by atoms with Crippen LogP contribution in [-0.4, -0.2) is 48.1 Å². The molecule has 1 amide bonds. The van der Waals surface area contributed by atoms with Crippen molar-refractivity contribution in [2.24, 2.45) is 5.73 Å². The van der Waals surface area contributed by atoms with Crippen LogP contribution in [0, 0.1) is 5.82 Å². The molecule has 5 atom stereocenters. The molecule has 2 aliphatic heterocycles. The zero-order chi connectivity index (χ0) is 16.4. The first-order chi connectivity index (χ1) is 11.1. The van der Waals surface area contributed by atoms with E-state index >= 15 is 0 Å². The first kappa shape index (κ1) is 16.3. The van der Waals surface area contributed by atoms with Crippen molar-refractivity contribution in [1.82, 2.24) is 5.32 Å². The van der Waals surface area contributed by atoms with Crippen LogP contribution in [0.2, 0.25) is 0 Å². The Morgan fingerprint density at radius 3 is 2.74 bits per heavy atom. The maximum absolute atomic E-state index is 12.8. The van der Waals surface area contributed by atoms with Crippen molar-refractivity contribution in [2.75, 3.05) is 6.54 Å². The monoisotopic (exact) mass is 324 g/mol. The van der Waals surface area contributed by atoms with Crippen molar-refractivity contribution < 1.29 is 23.8 Å². The van der Waals surface area contributed by atoms with Crippen molar-refractivity contribution in [3.8, 4) is 0 Å². The molecule has 2 heterocycles. The number of carbonyl (C=O) groups excluding carboxylic acids is 1. The minimum Gasteiger partial charge on any atom is -0.388 e. The van der Waals surface area contributed by atoms with Gasteiger partial charge in [0.2, 0.25) is 5.91 Å². The Bertz CT molecular complexity index is 554. The highest BCUT2D eigenvalue weighted by Crippen LogP contribution is 2.35. The number of aliphatic hydroxyl groups is 1. The van der Waals surface area contributed by atoms with Crippen LogP contribution in [-0.2, 0) is 20.8 Å². The first-order valence-electron chi connectivity index (χ1n) is 7.77. The number of halogens is 1. The Balaban J connectivity index is 1.44. The second-order valence-corrected chi connectivity index (χ2v) is 6.01. The summed E-state index contributed by atoms with van der Waals surface area (Å²) in [6, 6.07) is 5.97. The predicted octanol–water partition coefficient (Wildman–Crippen LogP) is 0.0765. The summed E-state index contributed by atoms with van der Waals surface area (Å²) >= 11 is 0. The van der Waals surface area contributed by atoms with Gasteiger partial charge in [0.25, 0.3) is 0 Å². The zero-order valence-electron chi connectivity index (χ0n) is 12.7. The fourth-order valence-corrected chi connectivity index (χ4v) is 3.12. The predicted molar refractivity (Wildman–Crippen MR) is 79.9 cm³/mol. The summed E-state index contributed by atoms with van der Waals surface area (Å²) in [6.07, 6.45) is -1.23. The summed E-state index contributed by atoms with van der Waals surface area (Å²) in [5.74, 6) is -0.454. The van der Waals surface area contributed by atoms with Gasteiger partial charge in [-0.1, -0.05) is 12.1 Å². The molecular formula is C16H21FN2O4. The molecule has 7 heteroatoms. The van der Waals surface area contributed by atoms with E-state index in [2.05, 4.69) is 5.32 Å². The van der Waals surface area contributed by atoms with Gasteiger partial charge in [-0.05, 0) is 17.7 Å². The molecule has 4 N–H and O–H groups in total. The Morgan fingerprint density at radius 1 is 1.35 bits per heavy atom. The average molecular weight is 324 g/mol. The molecule has 5 unspecified atom stereocenters. The lowest BCUT2D eigenvalue weighted by molar-refractivity contribution is -0.124. The third-order valence-corrected chi connectivity index (χ3v) is 4.33. The van der Waals surface area contributed by atoms with Gasteiger partial charge in [0, 0.05) is 19.5 Å². The van der Waals surface area contributed by atoms with Crippen LogP contribution in [0.15, 0.2) is 24.3 Å². The third-order valence-electron chi connectivity index (χ3n) is 4.33. The van der Waals surface area contributed by atoms with Gasteiger partial charge < -0.3 is 25.6 Å². The molecule has 2 saturated heterocycles. The number of hydrogen-bond acceptors (Lipinski definition) is 5. The molecule has 2 fully saturated rings. The molecule has 2 aliphatic rings. The standard InChI is InChI=1S/C16H21FN2O4/c17-10-3-1-9(2-4-10)8-19-14(20)6-11-5-12-16(22-11)15(21)13(7-18)23-12/h1-4,11-13,15-16,21H,5-8,18H2,(H,19,20). The maximum Gasteiger partial charge on any atom is 0.222 e. The van der Waals surface area contributed by atoms with Gasteiger partial charge >= 0.3 is 0 Å². The Hall–Kier alpha value is -1.54. The normalized spacial score (nSPS) is 32.7. The molecule has 0 radical (unpaired) electrons. The van der Waals surface area contributed by atoms with E-state index in [0.29, 0.717) is 13.0 Å². The van der Waals surface area contributed by atoms with Gasteiger partial charge in [-0.25, -0.2) is 4.39 Å². The Morgan fingerprint density at radius 2 is 2.09 bits per heavy atom.